The van der Waals surface area contributed by atoms with Crippen LogP contribution in [-0.4, -0.2) is 12.9 Å². The number of rotatable bonds is 2. The van der Waals surface area contributed by atoms with Crippen molar-refractivity contribution in [2.24, 2.45) is 0 Å². The maximum absolute atomic E-state index is 12.6. The number of ketones is 1. The van der Waals surface area contributed by atoms with Crippen LogP contribution in [0.3, 0.4) is 0 Å². The highest BCUT2D eigenvalue weighted by atomic mass is 19.4. The van der Waals surface area contributed by atoms with Gasteiger partial charge in [-0.1, -0.05) is 6.07 Å². The van der Waals surface area contributed by atoms with Gasteiger partial charge < -0.3 is 4.74 Å². The van der Waals surface area contributed by atoms with Gasteiger partial charge in [-0.15, -0.1) is 0 Å². The number of carbonyl (C=O) groups excluding carboxylic acids is 1. The number of hydrogen-bond donors (Lipinski definition) is 0. The molecule has 0 N–H and O–H groups in total. The normalized spacial score (nSPS) is 11.4. The van der Waals surface area contributed by atoms with Crippen LogP contribution in [0, 0.1) is 6.92 Å². The number of ether oxygens (including phenoxy) is 1. The SMILES string of the molecule is COc1c(C(F)(F)F)ccc(C(C)=O)c1C. The van der Waals surface area contributed by atoms with Gasteiger partial charge in [0.1, 0.15) is 5.75 Å². The molecule has 0 radical (unpaired) electrons. The molecule has 5 heteroatoms. The predicted octanol–water partition coefficient (Wildman–Crippen LogP) is 3.23. The fraction of sp³-hybridized carbons (Fsp3) is 0.364. The highest BCUT2D eigenvalue weighted by molar-refractivity contribution is 5.96. The average Bonchev–Trinajstić information content (AvgIpc) is 2.15. The number of methoxy groups -OCH3 is 1. The van der Waals surface area contributed by atoms with Gasteiger partial charge in [0.15, 0.2) is 5.78 Å². The molecule has 0 aliphatic heterocycles. The van der Waals surface area contributed by atoms with Gasteiger partial charge in [0.2, 0.25) is 0 Å². The summed E-state index contributed by atoms with van der Waals surface area (Å²) in [6, 6.07) is 2.03. The topological polar surface area (TPSA) is 26.3 Å². The summed E-state index contributed by atoms with van der Waals surface area (Å²) in [7, 11) is 1.15. The molecule has 0 saturated heterocycles. The van der Waals surface area contributed by atoms with Crippen molar-refractivity contribution >= 4 is 5.78 Å². The second-order valence-corrected chi connectivity index (χ2v) is 3.37. The van der Waals surface area contributed by atoms with Crippen LogP contribution in [0.25, 0.3) is 0 Å². The molecule has 1 rings (SSSR count). The van der Waals surface area contributed by atoms with Crippen LogP contribution in [0.15, 0.2) is 12.1 Å². The molecule has 0 atom stereocenters. The molecule has 0 heterocycles. The van der Waals surface area contributed by atoms with E-state index < -0.39 is 11.7 Å². The Balaban J connectivity index is 3.47. The Kier molecular flexibility index (Phi) is 3.26. The molecular formula is C11H11F3O2. The minimum absolute atomic E-state index is 0.213. The van der Waals surface area contributed by atoms with E-state index in [1.807, 2.05) is 0 Å². The number of Topliss-reactive ketones (excluding diaryl/α,β-unsaturated/α-hetero) is 1. The fourth-order valence-corrected chi connectivity index (χ4v) is 1.56. The Bertz CT molecular complexity index is 422. The van der Waals surface area contributed by atoms with E-state index >= 15 is 0 Å². The van der Waals surface area contributed by atoms with E-state index in [1.165, 1.54) is 19.9 Å². The molecule has 1 aromatic rings. The van der Waals surface area contributed by atoms with E-state index in [0.29, 0.717) is 0 Å². The van der Waals surface area contributed by atoms with Crippen molar-refractivity contribution in [3.8, 4) is 5.75 Å². The van der Waals surface area contributed by atoms with Crippen LogP contribution >= 0.6 is 0 Å². The van der Waals surface area contributed by atoms with Crippen molar-refractivity contribution in [2.75, 3.05) is 7.11 Å². The molecule has 0 unspecified atom stereocenters. The highest BCUT2D eigenvalue weighted by Crippen LogP contribution is 2.39. The zero-order chi connectivity index (χ0) is 12.5. The van der Waals surface area contributed by atoms with E-state index in [0.717, 1.165) is 13.2 Å². The molecule has 0 aliphatic rings. The van der Waals surface area contributed by atoms with Crippen LogP contribution in [0.1, 0.15) is 28.4 Å². The van der Waals surface area contributed by atoms with Crippen LogP contribution in [0.2, 0.25) is 0 Å². The molecule has 0 amide bonds. The second-order valence-electron chi connectivity index (χ2n) is 3.37. The summed E-state index contributed by atoms with van der Waals surface area (Å²) in [6.45, 7) is 2.74. The van der Waals surface area contributed by atoms with Crippen LogP contribution < -0.4 is 4.74 Å². The summed E-state index contributed by atoms with van der Waals surface area (Å²) in [4.78, 5) is 11.2. The maximum Gasteiger partial charge on any atom is 0.419 e. The Morgan fingerprint density at radius 2 is 1.88 bits per heavy atom. The zero-order valence-electron chi connectivity index (χ0n) is 9.11. The van der Waals surface area contributed by atoms with Gasteiger partial charge in [0.05, 0.1) is 12.7 Å². The molecule has 88 valence electrons. The van der Waals surface area contributed by atoms with Gasteiger partial charge in [0.25, 0.3) is 0 Å². The Labute approximate surface area is 91.0 Å². The van der Waals surface area contributed by atoms with Crippen LogP contribution in [0.4, 0.5) is 13.2 Å². The number of halogens is 3. The van der Waals surface area contributed by atoms with Crippen molar-refractivity contribution in [3.05, 3.63) is 28.8 Å². The van der Waals surface area contributed by atoms with E-state index in [-0.39, 0.29) is 22.7 Å². The highest BCUT2D eigenvalue weighted by Gasteiger charge is 2.35. The second kappa shape index (κ2) is 4.15. The molecule has 16 heavy (non-hydrogen) atoms. The third-order valence-corrected chi connectivity index (χ3v) is 2.29. The number of alkyl halides is 3. The van der Waals surface area contributed by atoms with Crippen molar-refractivity contribution < 1.29 is 22.7 Å². The van der Waals surface area contributed by atoms with Gasteiger partial charge in [-0.05, 0) is 19.9 Å². The van der Waals surface area contributed by atoms with Gasteiger partial charge in [0, 0.05) is 11.1 Å². The molecule has 0 fully saturated rings. The molecular weight excluding hydrogens is 221 g/mol. The summed E-state index contributed by atoms with van der Waals surface area (Å²) in [6.07, 6.45) is -4.48. The molecule has 0 aliphatic carbocycles. The van der Waals surface area contributed by atoms with E-state index in [1.54, 1.807) is 0 Å². The quantitative estimate of drug-likeness (QED) is 0.732. The minimum atomic E-state index is -4.48. The monoisotopic (exact) mass is 232 g/mol. The van der Waals surface area contributed by atoms with Crippen LogP contribution in [0.5, 0.6) is 5.75 Å². The number of hydrogen-bond acceptors (Lipinski definition) is 2. The van der Waals surface area contributed by atoms with Gasteiger partial charge in [-0.2, -0.15) is 13.2 Å². The first-order chi connectivity index (χ1) is 7.29. The van der Waals surface area contributed by atoms with Gasteiger partial charge >= 0.3 is 6.18 Å². The smallest absolute Gasteiger partial charge is 0.419 e. The summed E-state index contributed by atoms with van der Waals surface area (Å²) < 4.78 is 42.5. The lowest BCUT2D eigenvalue weighted by Crippen LogP contribution is -2.10. The van der Waals surface area contributed by atoms with Crippen molar-refractivity contribution in [1.29, 1.82) is 0 Å². The third kappa shape index (κ3) is 2.18. The third-order valence-electron chi connectivity index (χ3n) is 2.29. The lowest BCUT2D eigenvalue weighted by Gasteiger charge is -2.15. The number of benzene rings is 1. The standard InChI is InChI=1S/C11H11F3O2/c1-6-8(7(2)15)4-5-9(10(6)16-3)11(12,13)14/h4-5H,1-3H3. The van der Waals surface area contributed by atoms with E-state index in [4.69, 9.17) is 4.74 Å². The molecule has 0 spiro atoms. The zero-order valence-corrected chi connectivity index (χ0v) is 9.11. The molecule has 2 nitrogen and oxygen atoms in total. The largest absolute Gasteiger partial charge is 0.496 e. The summed E-state index contributed by atoms with van der Waals surface area (Å²) in [5, 5.41) is 0. The molecule has 0 saturated carbocycles. The lowest BCUT2D eigenvalue weighted by molar-refractivity contribution is -0.138. The van der Waals surface area contributed by atoms with Gasteiger partial charge in [-0.25, -0.2) is 0 Å². The maximum atomic E-state index is 12.6. The predicted molar refractivity (Wildman–Crippen MR) is 52.7 cm³/mol. The molecule has 1 aromatic carbocycles. The minimum Gasteiger partial charge on any atom is -0.496 e. The van der Waals surface area contributed by atoms with Crippen LogP contribution in [-0.2, 0) is 6.18 Å². The average molecular weight is 232 g/mol. The Morgan fingerprint density at radius 3 is 2.25 bits per heavy atom. The Hall–Kier alpha value is -1.52. The first-order valence-corrected chi connectivity index (χ1v) is 4.54. The van der Waals surface area contributed by atoms with Crippen molar-refractivity contribution in [2.45, 2.75) is 20.0 Å². The van der Waals surface area contributed by atoms with E-state index in [2.05, 4.69) is 0 Å². The molecule has 0 bridgehead atoms. The first-order valence-electron chi connectivity index (χ1n) is 4.54. The lowest BCUT2D eigenvalue weighted by atomic mass is 10.0. The summed E-state index contributed by atoms with van der Waals surface area (Å²) >= 11 is 0. The van der Waals surface area contributed by atoms with E-state index in [9.17, 15) is 18.0 Å². The summed E-state index contributed by atoms with van der Waals surface area (Å²) in [5.41, 5.74) is -0.410. The van der Waals surface area contributed by atoms with Gasteiger partial charge in [-0.3, -0.25) is 4.79 Å². The molecule has 0 aromatic heterocycles. The Morgan fingerprint density at radius 1 is 1.31 bits per heavy atom. The fourth-order valence-electron chi connectivity index (χ4n) is 1.56. The number of carbonyl (C=O) groups is 1. The first kappa shape index (κ1) is 12.5. The van der Waals surface area contributed by atoms with Crippen molar-refractivity contribution in [1.82, 2.24) is 0 Å². The summed E-state index contributed by atoms with van der Waals surface area (Å²) in [5.74, 6) is -0.579. The van der Waals surface area contributed by atoms with Crippen molar-refractivity contribution in [3.63, 3.8) is 0 Å².